The van der Waals surface area contributed by atoms with E-state index in [4.69, 9.17) is 0 Å². The molecule has 0 aromatic carbocycles. The molecule has 74 valence electrons. The predicted octanol–water partition coefficient (Wildman–Crippen LogP) is 2.42. The van der Waals surface area contributed by atoms with Gasteiger partial charge in [0.15, 0.2) is 0 Å². The van der Waals surface area contributed by atoms with Gasteiger partial charge in [0.05, 0.1) is 0 Å². The molecule has 1 heteroatoms. The van der Waals surface area contributed by atoms with Gasteiger partial charge in [-0.2, -0.15) is 0 Å². The highest BCUT2D eigenvalue weighted by Gasteiger charge is 2.73. The monoisotopic (exact) mass is 179 g/mol. The molecule has 0 aliphatic heterocycles. The lowest BCUT2D eigenvalue weighted by molar-refractivity contribution is 0.157. The molecule has 1 N–H and O–H groups in total. The highest BCUT2D eigenvalue weighted by Crippen LogP contribution is 2.81. The summed E-state index contributed by atoms with van der Waals surface area (Å²) in [5.74, 6) is 1.05. The third-order valence-electron chi connectivity index (χ3n) is 5.73. The third kappa shape index (κ3) is 0.707. The highest BCUT2D eigenvalue weighted by molar-refractivity contribution is 5.23. The topological polar surface area (TPSA) is 12.0 Å². The lowest BCUT2D eigenvalue weighted by Crippen LogP contribution is -2.31. The SMILES string of the molecule is CNCC12CC3(C)CC1CC3(C)C2. The average molecular weight is 179 g/mol. The molecule has 4 fully saturated rings. The minimum Gasteiger partial charge on any atom is -0.319 e. The Labute approximate surface area is 81.3 Å². The first-order valence-corrected chi connectivity index (χ1v) is 5.68. The normalized spacial score (nSPS) is 62.5. The zero-order chi connectivity index (χ0) is 9.32. The van der Waals surface area contributed by atoms with E-state index in [0.717, 1.165) is 5.92 Å². The van der Waals surface area contributed by atoms with Gasteiger partial charge in [-0.25, -0.2) is 0 Å². The molecule has 4 saturated carbocycles. The van der Waals surface area contributed by atoms with Gasteiger partial charge in [0.2, 0.25) is 0 Å². The Kier molecular flexibility index (Phi) is 1.26. The van der Waals surface area contributed by atoms with Gasteiger partial charge in [0, 0.05) is 6.54 Å². The van der Waals surface area contributed by atoms with E-state index in [1.54, 1.807) is 0 Å². The summed E-state index contributed by atoms with van der Waals surface area (Å²) in [7, 11) is 2.11. The lowest BCUT2D eigenvalue weighted by atomic mass is 9.71. The average Bonchev–Trinajstić information content (AvgIpc) is 2.49. The summed E-state index contributed by atoms with van der Waals surface area (Å²) in [6, 6.07) is 0. The first-order chi connectivity index (χ1) is 6.04. The Morgan fingerprint density at radius 2 is 1.69 bits per heavy atom. The van der Waals surface area contributed by atoms with Crippen LogP contribution in [0.4, 0.5) is 0 Å². The smallest absolute Gasteiger partial charge is 0.000788 e. The van der Waals surface area contributed by atoms with Crippen molar-refractivity contribution >= 4 is 0 Å². The van der Waals surface area contributed by atoms with Crippen LogP contribution >= 0.6 is 0 Å². The molecule has 4 rings (SSSR count). The van der Waals surface area contributed by atoms with Crippen molar-refractivity contribution in [3.8, 4) is 0 Å². The third-order valence-corrected chi connectivity index (χ3v) is 5.73. The van der Waals surface area contributed by atoms with Crippen LogP contribution in [-0.4, -0.2) is 13.6 Å². The van der Waals surface area contributed by atoms with Crippen LogP contribution in [0.3, 0.4) is 0 Å². The number of hydrogen-bond donors (Lipinski definition) is 1. The standard InChI is InChI=1S/C12H21N/c1-10-4-9-5-11(10,2)7-12(9,6-10)8-13-3/h9,13H,4-8H2,1-3H3. The molecular weight excluding hydrogens is 158 g/mol. The number of rotatable bonds is 2. The fraction of sp³-hybridized carbons (Fsp3) is 1.00. The summed E-state index contributed by atoms with van der Waals surface area (Å²) in [6.45, 7) is 6.34. The molecule has 0 heterocycles. The Morgan fingerprint density at radius 3 is 2.00 bits per heavy atom. The quantitative estimate of drug-likeness (QED) is 0.686. The van der Waals surface area contributed by atoms with E-state index in [1.165, 1.54) is 32.2 Å². The van der Waals surface area contributed by atoms with Gasteiger partial charge >= 0.3 is 0 Å². The second-order valence-corrected chi connectivity index (χ2v) is 6.47. The molecule has 0 saturated heterocycles. The van der Waals surface area contributed by atoms with E-state index in [0.29, 0.717) is 16.2 Å². The summed E-state index contributed by atoms with van der Waals surface area (Å²) in [6.07, 6.45) is 6.04. The van der Waals surface area contributed by atoms with Crippen molar-refractivity contribution in [3.05, 3.63) is 0 Å². The maximum atomic E-state index is 3.42. The van der Waals surface area contributed by atoms with Gasteiger partial charge in [-0.1, -0.05) is 13.8 Å². The van der Waals surface area contributed by atoms with Gasteiger partial charge in [0.25, 0.3) is 0 Å². The zero-order valence-corrected chi connectivity index (χ0v) is 9.11. The van der Waals surface area contributed by atoms with Crippen LogP contribution in [0.5, 0.6) is 0 Å². The van der Waals surface area contributed by atoms with E-state index < -0.39 is 0 Å². The van der Waals surface area contributed by atoms with Crippen LogP contribution in [0.25, 0.3) is 0 Å². The Hall–Kier alpha value is -0.0400. The van der Waals surface area contributed by atoms with E-state index in [2.05, 4.69) is 26.2 Å². The largest absolute Gasteiger partial charge is 0.319 e. The van der Waals surface area contributed by atoms with Crippen molar-refractivity contribution in [2.75, 3.05) is 13.6 Å². The molecule has 4 bridgehead atoms. The second kappa shape index (κ2) is 1.98. The summed E-state index contributed by atoms with van der Waals surface area (Å²) in [5.41, 5.74) is 2.11. The van der Waals surface area contributed by atoms with Crippen LogP contribution in [-0.2, 0) is 0 Å². The summed E-state index contributed by atoms with van der Waals surface area (Å²) < 4.78 is 0. The summed E-state index contributed by atoms with van der Waals surface area (Å²) in [4.78, 5) is 0. The first-order valence-electron chi connectivity index (χ1n) is 5.68. The molecule has 13 heavy (non-hydrogen) atoms. The van der Waals surface area contributed by atoms with Gasteiger partial charge in [-0.05, 0) is 54.9 Å². The van der Waals surface area contributed by atoms with Crippen LogP contribution in [0, 0.1) is 22.2 Å². The van der Waals surface area contributed by atoms with Gasteiger partial charge in [-0.15, -0.1) is 0 Å². The molecule has 1 nitrogen and oxygen atoms in total. The molecule has 4 aliphatic carbocycles. The van der Waals surface area contributed by atoms with Crippen molar-refractivity contribution in [2.45, 2.75) is 39.5 Å². The predicted molar refractivity (Wildman–Crippen MR) is 54.5 cm³/mol. The fourth-order valence-electron chi connectivity index (χ4n) is 5.18. The molecular formula is C12H21N. The van der Waals surface area contributed by atoms with Gasteiger partial charge in [0.1, 0.15) is 0 Å². The van der Waals surface area contributed by atoms with Crippen LogP contribution in [0.1, 0.15) is 39.5 Å². The second-order valence-electron chi connectivity index (χ2n) is 6.47. The molecule has 0 radical (unpaired) electrons. The van der Waals surface area contributed by atoms with Crippen molar-refractivity contribution in [3.63, 3.8) is 0 Å². The maximum Gasteiger partial charge on any atom is 0.000788 e. The van der Waals surface area contributed by atoms with E-state index >= 15 is 0 Å². The summed E-state index contributed by atoms with van der Waals surface area (Å²) in [5, 5.41) is 3.42. The van der Waals surface area contributed by atoms with Crippen LogP contribution < -0.4 is 5.32 Å². The molecule has 4 aliphatic rings. The van der Waals surface area contributed by atoms with Crippen molar-refractivity contribution in [2.24, 2.45) is 22.2 Å². The first kappa shape index (κ1) is 8.28. The van der Waals surface area contributed by atoms with Crippen molar-refractivity contribution in [1.29, 1.82) is 0 Å². The minimum atomic E-state index is 0.703. The Balaban J connectivity index is 2.00. The van der Waals surface area contributed by atoms with Crippen molar-refractivity contribution < 1.29 is 0 Å². The molecule has 2 unspecified atom stereocenters. The molecule has 0 amide bonds. The van der Waals surface area contributed by atoms with Gasteiger partial charge in [-0.3, -0.25) is 0 Å². The molecule has 0 aromatic rings. The number of hydrogen-bond acceptors (Lipinski definition) is 1. The van der Waals surface area contributed by atoms with Gasteiger partial charge < -0.3 is 5.32 Å². The maximum absolute atomic E-state index is 3.42. The minimum absolute atomic E-state index is 0.703. The highest BCUT2D eigenvalue weighted by atomic mass is 14.9. The lowest BCUT2D eigenvalue weighted by Gasteiger charge is -2.34. The summed E-state index contributed by atoms with van der Waals surface area (Å²) >= 11 is 0. The van der Waals surface area contributed by atoms with Crippen LogP contribution in [0.2, 0.25) is 0 Å². The van der Waals surface area contributed by atoms with E-state index in [1.807, 2.05) is 0 Å². The Bertz CT molecular complexity index is 240. The molecule has 0 spiro atoms. The van der Waals surface area contributed by atoms with Crippen LogP contribution in [0.15, 0.2) is 0 Å². The number of nitrogens with one attached hydrogen (secondary N) is 1. The Morgan fingerprint density at radius 1 is 1.15 bits per heavy atom. The van der Waals surface area contributed by atoms with E-state index in [9.17, 15) is 0 Å². The van der Waals surface area contributed by atoms with E-state index in [-0.39, 0.29) is 0 Å². The molecule has 0 aromatic heterocycles. The fourth-order valence-corrected chi connectivity index (χ4v) is 5.18. The zero-order valence-electron chi connectivity index (χ0n) is 9.11. The molecule has 2 atom stereocenters. The van der Waals surface area contributed by atoms with Crippen molar-refractivity contribution in [1.82, 2.24) is 5.32 Å².